The van der Waals surface area contributed by atoms with E-state index in [0.717, 1.165) is 37.6 Å². The van der Waals surface area contributed by atoms with Crippen LogP contribution in [0.2, 0.25) is 0 Å². The van der Waals surface area contributed by atoms with Gasteiger partial charge in [-0.1, -0.05) is 17.7 Å². The first-order chi connectivity index (χ1) is 14.6. The van der Waals surface area contributed by atoms with Crippen molar-refractivity contribution in [3.05, 3.63) is 83.9 Å². The molecule has 4 rings (SSSR count). The quantitative estimate of drug-likeness (QED) is 0.680. The molecule has 5 nitrogen and oxygen atoms in total. The first-order valence-corrected chi connectivity index (χ1v) is 10.2. The van der Waals surface area contributed by atoms with Crippen LogP contribution in [0.25, 0.3) is 0 Å². The number of piperazine rings is 1. The smallest absolute Gasteiger partial charge is 0.255 e. The molecule has 1 fully saturated rings. The van der Waals surface area contributed by atoms with Gasteiger partial charge in [-0.3, -0.25) is 4.79 Å². The highest BCUT2D eigenvalue weighted by molar-refractivity contribution is 6.04. The van der Waals surface area contributed by atoms with Gasteiger partial charge in [0.05, 0.1) is 7.11 Å². The van der Waals surface area contributed by atoms with E-state index >= 15 is 0 Å². The predicted molar refractivity (Wildman–Crippen MR) is 123 cm³/mol. The zero-order valence-electron chi connectivity index (χ0n) is 17.5. The Balaban J connectivity index is 1.33. The Morgan fingerprint density at radius 3 is 1.77 bits per heavy atom. The zero-order valence-corrected chi connectivity index (χ0v) is 17.5. The van der Waals surface area contributed by atoms with Gasteiger partial charge in [-0.15, -0.1) is 0 Å². The molecule has 1 amide bonds. The summed E-state index contributed by atoms with van der Waals surface area (Å²) in [4.78, 5) is 17.2. The van der Waals surface area contributed by atoms with Crippen molar-refractivity contribution in [2.24, 2.45) is 0 Å². The number of aryl methyl sites for hydroxylation is 1. The maximum atomic E-state index is 12.4. The molecule has 3 aromatic carbocycles. The SMILES string of the molecule is COc1ccc(C(=O)Nc2ccc(N3CCN(c4ccc(C)cc4)CC3)cc2)cc1. The van der Waals surface area contributed by atoms with E-state index in [-0.39, 0.29) is 5.91 Å². The van der Waals surface area contributed by atoms with Crippen molar-refractivity contribution in [2.45, 2.75) is 6.92 Å². The number of nitrogens with zero attached hydrogens (tertiary/aromatic N) is 2. The maximum absolute atomic E-state index is 12.4. The lowest BCUT2D eigenvalue weighted by Crippen LogP contribution is -2.46. The number of ether oxygens (including phenoxy) is 1. The van der Waals surface area contributed by atoms with E-state index in [1.165, 1.54) is 16.9 Å². The molecule has 1 heterocycles. The molecule has 0 bridgehead atoms. The van der Waals surface area contributed by atoms with Crippen molar-refractivity contribution in [3.63, 3.8) is 0 Å². The largest absolute Gasteiger partial charge is 0.497 e. The van der Waals surface area contributed by atoms with Crippen LogP contribution in [0.5, 0.6) is 5.75 Å². The fourth-order valence-electron chi connectivity index (χ4n) is 3.68. The molecule has 0 atom stereocenters. The van der Waals surface area contributed by atoms with E-state index in [1.54, 1.807) is 31.4 Å². The number of benzene rings is 3. The van der Waals surface area contributed by atoms with Gasteiger partial charge in [-0.05, 0) is 67.6 Å². The van der Waals surface area contributed by atoms with Gasteiger partial charge in [0.15, 0.2) is 0 Å². The van der Waals surface area contributed by atoms with Crippen LogP contribution in [-0.4, -0.2) is 39.2 Å². The minimum absolute atomic E-state index is 0.128. The highest BCUT2D eigenvalue weighted by Crippen LogP contribution is 2.23. The maximum Gasteiger partial charge on any atom is 0.255 e. The van der Waals surface area contributed by atoms with Crippen LogP contribution in [0.3, 0.4) is 0 Å². The standard InChI is InChI=1S/C25H27N3O2/c1-19-3-9-22(10-4-19)27-15-17-28(18-16-27)23-11-7-21(8-12-23)26-25(29)20-5-13-24(30-2)14-6-20/h3-14H,15-18H2,1-2H3,(H,26,29). The minimum Gasteiger partial charge on any atom is -0.497 e. The van der Waals surface area contributed by atoms with Gasteiger partial charge >= 0.3 is 0 Å². The lowest BCUT2D eigenvalue weighted by atomic mass is 10.1. The van der Waals surface area contributed by atoms with Crippen LogP contribution in [0.15, 0.2) is 72.8 Å². The summed E-state index contributed by atoms with van der Waals surface area (Å²) in [5.74, 6) is 0.607. The normalized spacial score (nSPS) is 13.8. The predicted octanol–water partition coefficient (Wildman–Crippen LogP) is 4.58. The molecule has 5 heteroatoms. The molecular weight excluding hydrogens is 374 g/mol. The van der Waals surface area contributed by atoms with E-state index in [0.29, 0.717) is 5.56 Å². The van der Waals surface area contributed by atoms with Crippen molar-refractivity contribution in [2.75, 3.05) is 48.4 Å². The molecule has 0 saturated carbocycles. The Morgan fingerprint density at radius 2 is 1.27 bits per heavy atom. The first-order valence-electron chi connectivity index (χ1n) is 10.2. The third kappa shape index (κ3) is 4.57. The Morgan fingerprint density at radius 1 is 0.767 bits per heavy atom. The van der Waals surface area contributed by atoms with Gasteiger partial charge in [-0.25, -0.2) is 0 Å². The topological polar surface area (TPSA) is 44.8 Å². The molecule has 0 radical (unpaired) electrons. The highest BCUT2D eigenvalue weighted by Gasteiger charge is 2.17. The van der Waals surface area contributed by atoms with Crippen molar-refractivity contribution < 1.29 is 9.53 Å². The number of anilines is 3. The Hall–Kier alpha value is -3.47. The number of amides is 1. The number of carbonyl (C=O) groups excluding carboxylic acids is 1. The van der Waals surface area contributed by atoms with Gasteiger partial charge in [-0.2, -0.15) is 0 Å². The lowest BCUT2D eigenvalue weighted by Gasteiger charge is -2.37. The van der Waals surface area contributed by atoms with E-state index in [9.17, 15) is 4.79 Å². The fourth-order valence-corrected chi connectivity index (χ4v) is 3.68. The number of rotatable bonds is 5. The van der Waals surface area contributed by atoms with Crippen molar-refractivity contribution in [3.8, 4) is 5.75 Å². The Labute approximate surface area is 177 Å². The monoisotopic (exact) mass is 401 g/mol. The van der Waals surface area contributed by atoms with Crippen LogP contribution in [-0.2, 0) is 0 Å². The fraction of sp³-hybridized carbons (Fsp3) is 0.240. The molecule has 1 N–H and O–H groups in total. The summed E-state index contributed by atoms with van der Waals surface area (Å²) in [6, 6.07) is 23.9. The summed E-state index contributed by atoms with van der Waals surface area (Å²) >= 11 is 0. The number of methoxy groups -OCH3 is 1. The molecule has 1 saturated heterocycles. The van der Waals surface area contributed by atoms with Gasteiger partial charge in [0.1, 0.15) is 5.75 Å². The van der Waals surface area contributed by atoms with E-state index in [4.69, 9.17) is 4.74 Å². The summed E-state index contributed by atoms with van der Waals surface area (Å²) in [5, 5.41) is 2.95. The zero-order chi connectivity index (χ0) is 20.9. The Bertz CT molecular complexity index is 974. The van der Waals surface area contributed by atoms with E-state index < -0.39 is 0 Å². The lowest BCUT2D eigenvalue weighted by molar-refractivity contribution is 0.102. The average Bonchev–Trinajstić information content (AvgIpc) is 2.80. The van der Waals surface area contributed by atoms with Crippen LogP contribution in [0.1, 0.15) is 15.9 Å². The molecule has 154 valence electrons. The molecule has 3 aromatic rings. The third-order valence-electron chi connectivity index (χ3n) is 5.52. The van der Waals surface area contributed by atoms with Crippen LogP contribution in [0.4, 0.5) is 17.1 Å². The highest BCUT2D eigenvalue weighted by atomic mass is 16.5. The average molecular weight is 402 g/mol. The van der Waals surface area contributed by atoms with Crippen molar-refractivity contribution in [1.82, 2.24) is 0 Å². The molecule has 0 aromatic heterocycles. The summed E-state index contributed by atoms with van der Waals surface area (Å²) in [6.07, 6.45) is 0. The van der Waals surface area contributed by atoms with Crippen LogP contribution in [0, 0.1) is 6.92 Å². The second kappa shape index (κ2) is 8.91. The molecule has 0 spiro atoms. The van der Waals surface area contributed by atoms with Gasteiger partial charge in [0.2, 0.25) is 0 Å². The van der Waals surface area contributed by atoms with Gasteiger partial charge < -0.3 is 19.9 Å². The molecule has 0 unspecified atom stereocenters. The van der Waals surface area contributed by atoms with Crippen molar-refractivity contribution >= 4 is 23.0 Å². The molecule has 0 aliphatic carbocycles. The van der Waals surface area contributed by atoms with Crippen LogP contribution < -0.4 is 19.9 Å². The Kier molecular flexibility index (Phi) is 5.89. The second-order valence-electron chi connectivity index (χ2n) is 7.54. The van der Waals surface area contributed by atoms with E-state index in [2.05, 4.69) is 58.4 Å². The van der Waals surface area contributed by atoms with E-state index in [1.807, 2.05) is 12.1 Å². The van der Waals surface area contributed by atoms with Gasteiger partial charge in [0.25, 0.3) is 5.91 Å². The summed E-state index contributed by atoms with van der Waals surface area (Å²) in [5.41, 5.74) is 5.15. The number of hydrogen-bond donors (Lipinski definition) is 1. The van der Waals surface area contributed by atoms with Gasteiger partial charge in [0, 0.05) is 48.8 Å². The molecular formula is C25H27N3O2. The summed E-state index contributed by atoms with van der Waals surface area (Å²) < 4.78 is 5.14. The van der Waals surface area contributed by atoms with Crippen LogP contribution >= 0.6 is 0 Å². The molecule has 30 heavy (non-hydrogen) atoms. The second-order valence-corrected chi connectivity index (χ2v) is 7.54. The number of nitrogens with one attached hydrogen (secondary N) is 1. The minimum atomic E-state index is -0.128. The number of hydrogen-bond acceptors (Lipinski definition) is 4. The molecule has 1 aliphatic rings. The first kappa shape index (κ1) is 19.8. The summed E-state index contributed by atoms with van der Waals surface area (Å²) in [7, 11) is 1.61. The van der Waals surface area contributed by atoms with Crippen molar-refractivity contribution in [1.29, 1.82) is 0 Å². The summed E-state index contributed by atoms with van der Waals surface area (Å²) in [6.45, 7) is 6.07. The number of carbonyl (C=O) groups is 1. The third-order valence-corrected chi connectivity index (χ3v) is 5.52. The molecule has 1 aliphatic heterocycles.